The van der Waals surface area contributed by atoms with Crippen LogP contribution in [-0.2, 0) is 4.79 Å². The number of hydrogen-bond donors (Lipinski definition) is 5. The van der Waals surface area contributed by atoms with Crippen LogP contribution in [0, 0.1) is 0 Å². The zero-order valence-corrected chi connectivity index (χ0v) is 8.13. The fraction of sp³-hybridized carbons (Fsp3) is 0.625. The lowest BCUT2D eigenvalue weighted by molar-refractivity contribution is -0.131. The van der Waals surface area contributed by atoms with E-state index in [1.807, 2.05) is 0 Å². The third-order valence-corrected chi connectivity index (χ3v) is 0.539. The van der Waals surface area contributed by atoms with E-state index in [-0.39, 0.29) is 19.8 Å². The van der Waals surface area contributed by atoms with Gasteiger partial charge in [-0.15, -0.1) is 0 Å². The monoisotopic (exact) mass is 210 g/mol. The summed E-state index contributed by atoms with van der Waals surface area (Å²) in [6, 6.07) is 0. The number of rotatable bonds is 3. The highest BCUT2D eigenvalue weighted by atomic mass is 16.4. The van der Waals surface area contributed by atoms with Gasteiger partial charge in [-0.25, -0.2) is 4.79 Å². The van der Waals surface area contributed by atoms with E-state index in [0.717, 1.165) is 6.08 Å². The fourth-order valence-electron chi connectivity index (χ4n) is 0. The Kier molecular flexibility index (Phi) is 24.1. The van der Waals surface area contributed by atoms with Gasteiger partial charge in [0, 0.05) is 6.08 Å². The van der Waals surface area contributed by atoms with Gasteiger partial charge in [0.1, 0.15) is 0 Å². The second-order valence-electron chi connectivity index (χ2n) is 2.02. The molecule has 0 aliphatic carbocycles. The highest BCUT2D eigenvalue weighted by molar-refractivity contribution is 5.78. The van der Waals surface area contributed by atoms with Gasteiger partial charge in [-0.3, -0.25) is 0 Å². The van der Waals surface area contributed by atoms with E-state index in [0.29, 0.717) is 0 Å². The molecular weight excluding hydrogens is 192 g/mol. The Balaban J connectivity index is -0.000000131. The number of carboxylic acids is 1. The molecule has 0 amide bonds. The van der Waals surface area contributed by atoms with Crippen molar-refractivity contribution in [2.45, 2.75) is 13.0 Å². The van der Waals surface area contributed by atoms with E-state index in [4.69, 9.17) is 25.5 Å². The average Bonchev–Trinajstić information content (AvgIpc) is 2.19. The van der Waals surface area contributed by atoms with Crippen LogP contribution in [0.5, 0.6) is 0 Å². The van der Waals surface area contributed by atoms with Crippen LogP contribution in [0.2, 0.25) is 0 Å². The van der Waals surface area contributed by atoms with Gasteiger partial charge in [0.15, 0.2) is 0 Å². The van der Waals surface area contributed by atoms with Gasteiger partial charge in [0.05, 0.1) is 25.9 Å². The summed E-state index contributed by atoms with van der Waals surface area (Å²) < 4.78 is 0. The summed E-state index contributed by atoms with van der Waals surface area (Å²) in [6.45, 7) is 4.10. The molecule has 14 heavy (non-hydrogen) atoms. The first kappa shape index (κ1) is 18.8. The number of aliphatic hydroxyl groups excluding tert-OH is 4. The van der Waals surface area contributed by atoms with E-state index in [1.54, 1.807) is 0 Å². The van der Waals surface area contributed by atoms with Gasteiger partial charge in [0.25, 0.3) is 0 Å². The summed E-state index contributed by atoms with van der Waals surface area (Å²) in [5, 5.41) is 38.9. The lowest BCUT2D eigenvalue weighted by Crippen LogP contribution is -2.03. The standard InChI is InChI=1S/C3H8O2.C3H4O2.C2H6O2/c1-3(5)2-4;1-2-3(4)5;3-1-2-4/h3-5H,2H2,1H3;2H,1H2,(H,4,5);3-4H,1-2H2. The Bertz CT molecular complexity index is 121. The molecule has 0 fully saturated rings. The smallest absolute Gasteiger partial charge is 0.327 e. The Labute approximate surface area is 82.7 Å². The molecular formula is C8H18O6. The third kappa shape index (κ3) is 68.0. The number of aliphatic hydroxyl groups is 4. The minimum Gasteiger partial charge on any atom is -0.478 e. The predicted molar refractivity (Wildman–Crippen MR) is 50.8 cm³/mol. The largest absolute Gasteiger partial charge is 0.478 e. The van der Waals surface area contributed by atoms with E-state index in [1.165, 1.54) is 6.92 Å². The number of hydrogen-bond acceptors (Lipinski definition) is 5. The molecule has 0 aromatic carbocycles. The summed E-state index contributed by atoms with van der Waals surface area (Å²) in [5.74, 6) is -0.981. The summed E-state index contributed by atoms with van der Waals surface area (Å²) >= 11 is 0. The van der Waals surface area contributed by atoms with Gasteiger partial charge < -0.3 is 25.5 Å². The topological polar surface area (TPSA) is 118 Å². The van der Waals surface area contributed by atoms with Crippen molar-refractivity contribution in [2.24, 2.45) is 0 Å². The molecule has 5 N–H and O–H groups in total. The first-order valence-electron chi connectivity index (χ1n) is 3.82. The fourth-order valence-corrected chi connectivity index (χ4v) is 0. The van der Waals surface area contributed by atoms with E-state index in [2.05, 4.69) is 6.58 Å². The van der Waals surface area contributed by atoms with Crippen LogP contribution < -0.4 is 0 Å². The molecule has 1 atom stereocenters. The van der Waals surface area contributed by atoms with Crippen molar-refractivity contribution >= 4 is 5.97 Å². The van der Waals surface area contributed by atoms with Crippen molar-refractivity contribution in [1.82, 2.24) is 0 Å². The van der Waals surface area contributed by atoms with Crippen LogP contribution in [-0.4, -0.2) is 57.4 Å². The van der Waals surface area contributed by atoms with E-state index >= 15 is 0 Å². The average molecular weight is 210 g/mol. The summed E-state index contributed by atoms with van der Waals surface area (Å²) in [6.07, 6.45) is 0.273. The van der Waals surface area contributed by atoms with Crippen LogP contribution in [0.1, 0.15) is 6.92 Å². The predicted octanol–water partition coefficient (Wildman–Crippen LogP) is -1.41. The molecule has 0 heterocycles. The van der Waals surface area contributed by atoms with Crippen LogP contribution in [0.3, 0.4) is 0 Å². The van der Waals surface area contributed by atoms with Crippen LogP contribution in [0.25, 0.3) is 0 Å². The van der Waals surface area contributed by atoms with Crippen molar-refractivity contribution in [3.05, 3.63) is 12.7 Å². The Morgan fingerprint density at radius 3 is 1.57 bits per heavy atom. The second kappa shape index (κ2) is 18.0. The molecule has 0 saturated heterocycles. The first-order chi connectivity index (χ1) is 6.45. The minimum atomic E-state index is -0.981. The Morgan fingerprint density at radius 1 is 1.36 bits per heavy atom. The zero-order valence-electron chi connectivity index (χ0n) is 8.13. The van der Waals surface area contributed by atoms with Crippen LogP contribution in [0.4, 0.5) is 0 Å². The number of carboxylic acid groups (broad SMARTS) is 1. The molecule has 0 spiro atoms. The van der Waals surface area contributed by atoms with Crippen molar-refractivity contribution in [3.63, 3.8) is 0 Å². The Hall–Kier alpha value is -0.950. The van der Waals surface area contributed by atoms with Crippen molar-refractivity contribution in [1.29, 1.82) is 0 Å². The summed E-state index contributed by atoms with van der Waals surface area (Å²) in [7, 11) is 0. The van der Waals surface area contributed by atoms with Gasteiger partial charge in [-0.1, -0.05) is 6.58 Å². The molecule has 0 aliphatic heterocycles. The third-order valence-electron chi connectivity index (χ3n) is 0.539. The maximum absolute atomic E-state index is 9.25. The SMILES string of the molecule is C=CC(=O)O.CC(O)CO.OCCO. The van der Waals surface area contributed by atoms with E-state index < -0.39 is 12.1 Å². The maximum Gasteiger partial charge on any atom is 0.327 e. The van der Waals surface area contributed by atoms with Crippen molar-refractivity contribution in [2.75, 3.05) is 19.8 Å². The molecule has 0 saturated carbocycles. The quantitative estimate of drug-likeness (QED) is 0.365. The summed E-state index contributed by atoms with van der Waals surface area (Å²) in [5.41, 5.74) is 0. The highest BCUT2D eigenvalue weighted by Gasteiger charge is 1.83. The van der Waals surface area contributed by atoms with Gasteiger partial charge >= 0.3 is 5.97 Å². The molecule has 0 aliphatic rings. The van der Waals surface area contributed by atoms with Gasteiger partial charge in [-0.05, 0) is 6.92 Å². The maximum atomic E-state index is 9.25. The highest BCUT2D eigenvalue weighted by Crippen LogP contribution is 1.68. The lowest BCUT2D eigenvalue weighted by atomic mass is 10.5. The number of carbonyl (C=O) groups is 1. The second-order valence-corrected chi connectivity index (χ2v) is 2.02. The van der Waals surface area contributed by atoms with Gasteiger partial charge in [0.2, 0.25) is 0 Å². The molecule has 0 bridgehead atoms. The normalized spacial score (nSPS) is 9.79. The molecule has 0 aromatic rings. The van der Waals surface area contributed by atoms with Crippen molar-refractivity contribution < 1.29 is 30.3 Å². The number of aliphatic carboxylic acids is 1. The van der Waals surface area contributed by atoms with E-state index in [9.17, 15) is 4.79 Å². The summed E-state index contributed by atoms with van der Waals surface area (Å²) in [4.78, 5) is 9.25. The zero-order chi connectivity index (χ0) is 12.0. The molecule has 6 heteroatoms. The van der Waals surface area contributed by atoms with Gasteiger partial charge in [-0.2, -0.15) is 0 Å². The Morgan fingerprint density at radius 2 is 1.57 bits per heavy atom. The van der Waals surface area contributed by atoms with Crippen molar-refractivity contribution in [3.8, 4) is 0 Å². The van der Waals surface area contributed by atoms with Crippen LogP contribution >= 0.6 is 0 Å². The first-order valence-corrected chi connectivity index (χ1v) is 3.82. The molecule has 0 rings (SSSR count). The molecule has 6 nitrogen and oxygen atoms in total. The molecule has 86 valence electrons. The lowest BCUT2D eigenvalue weighted by Gasteiger charge is -1.90. The molecule has 1 unspecified atom stereocenters. The molecule has 0 radical (unpaired) electrons. The van der Waals surface area contributed by atoms with Crippen LogP contribution in [0.15, 0.2) is 12.7 Å². The molecule has 0 aromatic heterocycles. The minimum absolute atomic E-state index is 0.125.